The average Bonchev–Trinajstić information content (AvgIpc) is 2.74. The average molecular weight is 413 g/mol. The van der Waals surface area contributed by atoms with E-state index >= 15 is 0 Å². The minimum absolute atomic E-state index is 0.0297. The van der Waals surface area contributed by atoms with E-state index in [1.54, 1.807) is 12.1 Å². The van der Waals surface area contributed by atoms with Gasteiger partial charge in [0.05, 0.1) is 37.2 Å². The Balaban J connectivity index is 1.67. The minimum atomic E-state index is -0.265. The van der Waals surface area contributed by atoms with Crippen molar-refractivity contribution in [1.29, 1.82) is 0 Å². The number of methoxy groups -OCH3 is 2. The summed E-state index contributed by atoms with van der Waals surface area (Å²) in [6.07, 6.45) is 0. The lowest BCUT2D eigenvalue weighted by Gasteiger charge is -2.15. The first kappa shape index (κ1) is 20.4. The number of hydrogen-bond donors (Lipinski definition) is 2. The van der Waals surface area contributed by atoms with Crippen LogP contribution in [-0.2, 0) is 4.79 Å². The molecule has 0 aliphatic heterocycles. The number of anilines is 2. The summed E-state index contributed by atoms with van der Waals surface area (Å²) >= 11 is 6.15. The molecule has 2 N–H and O–H groups in total. The Morgan fingerprint density at radius 1 is 0.862 bits per heavy atom. The Hall–Kier alpha value is -3.38. The van der Waals surface area contributed by atoms with Gasteiger partial charge in [0, 0.05) is 6.07 Å². The molecule has 3 aromatic carbocycles. The summed E-state index contributed by atoms with van der Waals surface area (Å²) < 4.78 is 16.4. The van der Waals surface area contributed by atoms with Gasteiger partial charge in [-0.2, -0.15) is 0 Å². The zero-order valence-electron chi connectivity index (χ0n) is 16.1. The predicted molar refractivity (Wildman–Crippen MR) is 115 cm³/mol. The van der Waals surface area contributed by atoms with Crippen LogP contribution in [0.3, 0.4) is 0 Å². The largest absolute Gasteiger partial charge is 0.495 e. The summed E-state index contributed by atoms with van der Waals surface area (Å²) in [4.78, 5) is 12.4. The molecular weight excluding hydrogens is 392 g/mol. The van der Waals surface area contributed by atoms with Crippen molar-refractivity contribution in [3.63, 3.8) is 0 Å². The van der Waals surface area contributed by atoms with Gasteiger partial charge in [-0.05, 0) is 30.3 Å². The number of carbonyl (C=O) groups is 1. The molecule has 0 unspecified atom stereocenters. The van der Waals surface area contributed by atoms with Gasteiger partial charge in [-0.15, -0.1) is 0 Å². The van der Waals surface area contributed by atoms with Gasteiger partial charge < -0.3 is 24.8 Å². The van der Waals surface area contributed by atoms with Crippen LogP contribution in [-0.4, -0.2) is 26.7 Å². The Labute approximate surface area is 174 Å². The smallest absolute Gasteiger partial charge is 0.243 e. The zero-order valence-corrected chi connectivity index (χ0v) is 16.8. The van der Waals surface area contributed by atoms with Gasteiger partial charge in [0.1, 0.15) is 17.2 Å². The summed E-state index contributed by atoms with van der Waals surface area (Å²) in [6.45, 7) is 0.0297. The van der Waals surface area contributed by atoms with Crippen molar-refractivity contribution in [3.8, 4) is 23.0 Å². The highest BCUT2D eigenvalue weighted by Gasteiger charge is 2.13. The molecule has 7 heteroatoms. The summed E-state index contributed by atoms with van der Waals surface area (Å²) in [5.41, 5.74) is 1.16. The van der Waals surface area contributed by atoms with Crippen molar-refractivity contribution in [2.45, 2.75) is 0 Å². The van der Waals surface area contributed by atoms with E-state index in [0.29, 0.717) is 39.4 Å². The highest BCUT2D eigenvalue weighted by Crippen LogP contribution is 2.36. The van der Waals surface area contributed by atoms with Crippen LogP contribution < -0.4 is 24.8 Å². The number of benzene rings is 3. The maximum Gasteiger partial charge on any atom is 0.243 e. The normalized spacial score (nSPS) is 10.2. The molecule has 1 amide bonds. The van der Waals surface area contributed by atoms with Gasteiger partial charge >= 0.3 is 0 Å². The quantitative estimate of drug-likeness (QED) is 0.532. The Bertz CT molecular complexity index is 980. The van der Waals surface area contributed by atoms with Crippen LogP contribution in [0.5, 0.6) is 23.0 Å². The number of carbonyl (C=O) groups excluding carboxylic acids is 1. The summed E-state index contributed by atoms with van der Waals surface area (Å²) in [7, 11) is 3.02. The minimum Gasteiger partial charge on any atom is -0.495 e. The summed E-state index contributed by atoms with van der Waals surface area (Å²) in [5.74, 6) is 1.98. The van der Waals surface area contributed by atoms with Crippen LogP contribution in [0.4, 0.5) is 11.4 Å². The van der Waals surface area contributed by atoms with E-state index in [0.717, 1.165) is 0 Å². The fourth-order valence-corrected chi connectivity index (χ4v) is 2.89. The lowest BCUT2D eigenvalue weighted by atomic mass is 10.2. The third-order valence-corrected chi connectivity index (χ3v) is 4.34. The van der Waals surface area contributed by atoms with Crippen LogP contribution in [0.15, 0.2) is 66.7 Å². The SMILES string of the molecule is COc1cc(OC)c(NC(=O)CNc2ccccc2Oc2ccccc2)cc1Cl. The van der Waals surface area contributed by atoms with Gasteiger partial charge in [-0.3, -0.25) is 4.79 Å². The van der Waals surface area contributed by atoms with Crippen LogP contribution in [0.1, 0.15) is 0 Å². The summed E-state index contributed by atoms with van der Waals surface area (Å²) in [5, 5.41) is 6.25. The number of halogens is 1. The molecule has 0 atom stereocenters. The lowest BCUT2D eigenvalue weighted by molar-refractivity contribution is -0.114. The Kier molecular flexibility index (Phi) is 6.81. The molecule has 0 heterocycles. The van der Waals surface area contributed by atoms with E-state index in [-0.39, 0.29) is 12.5 Å². The molecule has 0 aromatic heterocycles. The number of ether oxygens (including phenoxy) is 3. The third kappa shape index (κ3) is 5.33. The van der Waals surface area contributed by atoms with Crippen LogP contribution >= 0.6 is 11.6 Å². The fourth-order valence-electron chi connectivity index (χ4n) is 2.64. The van der Waals surface area contributed by atoms with Crippen molar-refractivity contribution < 1.29 is 19.0 Å². The number of amides is 1. The molecule has 0 fully saturated rings. The zero-order chi connectivity index (χ0) is 20.6. The van der Waals surface area contributed by atoms with E-state index in [1.807, 2.05) is 54.6 Å². The maximum atomic E-state index is 12.4. The molecule has 0 bridgehead atoms. The first-order chi connectivity index (χ1) is 14.1. The molecule has 3 aromatic rings. The molecule has 0 spiro atoms. The van der Waals surface area contributed by atoms with Crippen molar-refractivity contribution in [3.05, 3.63) is 71.8 Å². The second kappa shape index (κ2) is 9.71. The number of nitrogens with one attached hydrogen (secondary N) is 2. The monoisotopic (exact) mass is 412 g/mol. The predicted octanol–water partition coefficient (Wildman–Crippen LogP) is 5.20. The van der Waals surface area contributed by atoms with Gasteiger partial charge in [-0.1, -0.05) is 41.9 Å². The highest BCUT2D eigenvalue weighted by molar-refractivity contribution is 6.32. The third-order valence-electron chi connectivity index (χ3n) is 4.05. The number of rotatable bonds is 8. The number of para-hydroxylation sites is 3. The van der Waals surface area contributed by atoms with Crippen molar-refractivity contribution in [2.75, 3.05) is 31.4 Å². The van der Waals surface area contributed by atoms with Crippen LogP contribution in [0.25, 0.3) is 0 Å². The lowest BCUT2D eigenvalue weighted by Crippen LogP contribution is -2.22. The molecule has 150 valence electrons. The van der Waals surface area contributed by atoms with Gasteiger partial charge in [0.15, 0.2) is 5.75 Å². The van der Waals surface area contributed by atoms with Gasteiger partial charge in [0.2, 0.25) is 5.91 Å². The second-order valence-electron chi connectivity index (χ2n) is 6.00. The highest BCUT2D eigenvalue weighted by atomic mass is 35.5. The number of hydrogen-bond acceptors (Lipinski definition) is 5. The maximum absolute atomic E-state index is 12.4. The molecular formula is C22H21ClN2O4. The second-order valence-corrected chi connectivity index (χ2v) is 6.41. The van der Waals surface area contributed by atoms with Gasteiger partial charge in [0.25, 0.3) is 0 Å². The summed E-state index contributed by atoms with van der Waals surface area (Å²) in [6, 6.07) is 20.1. The van der Waals surface area contributed by atoms with E-state index in [9.17, 15) is 4.79 Å². The molecule has 0 aliphatic carbocycles. The molecule has 0 radical (unpaired) electrons. The van der Waals surface area contributed by atoms with Crippen molar-refractivity contribution in [1.82, 2.24) is 0 Å². The van der Waals surface area contributed by atoms with E-state index in [4.69, 9.17) is 25.8 Å². The van der Waals surface area contributed by atoms with E-state index in [2.05, 4.69) is 10.6 Å². The molecule has 6 nitrogen and oxygen atoms in total. The first-order valence-electron chi connectivity index (χ1n) is 8.88. The first-order valence-corrected chi connectivity index (χ1v) is 9.25. The standard InChI is InChI=1S/C22H21ClN2O4/c1-27-20-13-21(28-2)18(12-16(20)23)25-22(26)14-24-17-10-6-7-11-19(17)29-15-8-4-3-5-9-15/h3-13,24H,14H2,1-2H3,(H,25,26). The molecule has 0 saturated carbocycles. The topological polar surface area (TPSA) is 68.8 Å². The molecule has 0 saturated heterocycles. The fraction of sp³-hybridized carbons (Fsp3) is 0.136. The molecule has 0 aliphatic rings. The van der Waals surface area contributed by atoms with E-state index in [1.165, 1.54) is 14.2 Å². The van der Waals surface area contributed by atoms with Gasteiger partial charge in [-0.25, -0.2) is 0 Å². The van der Waals surface area contributed by atoms with Crippen LogP contribution in [0, 0.1) is 0 Å². The van der Waals surface area contributed by atoms with Crippen LogP contribution in [0.2, 0.25) is 5.02 Å². The Morgan fingerprint density at radius 2 is 1.55 bits per heavy atom. The van der Waals surface area contributed by atoms with Crippen molar-refractivity contribution in [2.24, 2.45) is 0 Å². The molecule has 29 heavy (non-hydrogen) atoms. The van der Waals surface area contributed by atoms with E-state index < -0.39 is 0 Å². The Morgan fingerprint density at radius 3 is 2.28 bits per heavy atom. The van der Waals surface area contributed by atoms with Crippen molar-refractivity contribution >= 4 is 28.9 Å². The molecule has 3 rings (SSSR count).